The molecule has 1 fully saturated rings. The fraction of sp³-hybridized carbons (Fsp3) is 0.227. The lowest BCUT2D eigenvalue weighted by Gasteiger charge is -2.29. The summed E-state index contributed by atoms with van der Waals surface area (Å²) in [5.41, 5.74) is -2.04. The van der Waals surface area contributed by atoms with Crippen molar-refractivity contribution >= 4 is 57.0 Å². The lowest BCUT2D eigenvalue weighted by Crippen LogP contribution is -2.44. The predicted octanol–water partition coefficient (Wildman–Crippen LogP) is 5.13. The van der Waals surface area contributed by atoms with Gasteiger partial charge in [0.1, 0.15) is 5.54 Å². The van der Waals surface area contributed by atoms with Crippen molar-refractivity contribution in [1.29, 1.82) is 0 Å². The average molecular weight is 480 g/mol. The summed E-state index contributed by atoms with van der Waals surface area (Å²) < 4.78 is 41.5. The Hall–Kier alpha value is -2.91. The number of amides is 1. The third-order valence-electron chi connectivity index (χ3n) is 5.51. The van der Waals surface area contributed by atoms with Gasteiger partial charge in [-0.05, 0) is 67.8 Å². The van der Waals surface area contributed by atoms with Gasteiger partial charge in [0.2, 0.25) is 0 Å². The zero-order chi connectivity index (χ0) is 23.6. The van der Waals surface area contributed by atoms with Crippen LogP contribution in [0.5, 0.6) is 0 Å². The van der Waals surface area contributed by atoms with Crippen molar-refractivity contribution < 1.29 is 18.0 Å². The zero-order valence-corrected chi connectivity index (χ0v) is 18.8. The highest BCUT2D eigenvalue weighted by Crippen LogP contribution is 2.41. The smallest absolute Gasteiger partial charge is 0.318 e. The van der Waals surface area contributed by atoms with Crippen LogP contribution in [0.3, 0.4) is 0 Å². The van der Waals surface area contributed by atoms with Crippen LogP contribution >= 0.6 is 23.8 Å². The fourth-order valence-electron chi connectivity index (χ4n) is 3.79. The Morgan fingerprint density at radius 1 is 1.00 bits per heavy atom. The summed E-state index contributed by atoms with van der Waals surface area (Å²) in [6.07, 6.45) is -3.04. The standard InChI is InChI=1S/C22H17ClF3N3O2S/c1-21(2)19(31)28(13-6-7-17(23)16(11-13)22(24,25)26)20(32)29(21)14-5-4-12-8-9-27(3)18(30)15(12)10-14/h4-11H,1-3H3. The predicted molar refractivity (Wildman–Crippen MR) is 122 cm³/mol. The molecular weight excluding hydrogens is 463 g/mol. The van der Waals surface area contributed by atoms with Gasteiger partial charge in [-0.2, -0.15) is 13.2 Å². The summed E-state index contributed by atoms with van der Waals surface area (Å²) in [4.78, 5) is 28.4. The lowest BCUT2D eigenvalue weighted by atomic mass is 10.0. The van der Waals surface area contributed by atoms with Crippen molar-refractivity contribution in [2.24, 2.45) is 7.05 Å². The molecule has 0 unspecified atom stereocenters. The Balaban J connectivity index is 1.85. The van der Waals surface area contributed by atoms with Gasteiger partial charge >= 0.3 is 6.18 Å². The minimum atomic E-state index is -4.69. The molecule has 166 valence electrons. The van der Waals surface area contributed by atoms with Crippen molar-refractivity contribution in [3.8, 4) is 0 Å². The van der Waals surface area contributed by atoms with E-state index >= 15 is 0 Å². The number of thiocarbonyl (C=S) groups is 1. The van der Waals surface area contributed by atoms with Gasteiger partial charge in [-0.1, -0.05) is 17.7 Å². The quantitative estimate of drug-likeness (QED) is 0.478. The Kier molecular flexibility index (Phi) is 5.09. The van der Waals surface area contributed by atoms with Crippen molar-refractivity contribution in [1.82, 2.24) is 4.57 Å². The Morgan fingerprint density at radius 2 is 1.66 bits per heavy atom. The third kappa shape index (κ3) is 3.36. The molecule has 1 aliphatic rings. The van der Waals surface area contributed by atoms with Crippen LogP contribution in [0.1, 0.15) is 19.4 Å². The van der Waals surface area contributed by atoms with Crippen molar-refractivity contribution in [3.05, 3.63) is 69.6 Å². The Bertz CT molecular complexity index is 1350. The van der Waals surface area contributed by atoms with E-state index in [0.717, 1.165) is 22.4 Å². The number of benzene rings is 2. The SMILES string of the molecule is Cn1ccc2ccc(N3C(=S)N(c4ccc(Cl)c(C(F)(F)F)c4)C(=O)C3(C)C)cc2c1=O. The number of hydrogen-bond donors (Lipinski definition) is 0. The molecule has 2 aromatic carbocycles. The molecule has 2 heterocycles. The lowest BCUT2D eigenvalue weighted by molar-refractivity contribution is -0.137. The second kappa shape index (κ2) is 7.31. The van der Waals surface area contributed by atoms with Crippen LogP contribution in [0.4, 0.5) is 24.5 Å². The molecular formula is C22H17ClF3N3O2S. The highest BCUT2D eigenvalue weighted by molar-refractivity contribution is 7.81. The minimum Gasteiger partial charge on any atom is -0.318 e. The van der Waals surface area contributed by atoms with Gasteiger partial charge in [0.05, 0.1) is 16.3 Å². The molecule has 0 saturated carbocycles. The molecule has 10 heteroatoms. The summed E-state index contributed by atoms with van der Waals surface area (Å²) in [6.45, 7) is 3.24. The number of fused-ring (bicyclic) bond motifs is 1. The van der Waals surface area contributed by atoms with Gasteiger partial charge in [-0.25, -0.2) is 0 Å². The monoisotopic (exact) mass is 479 g/mol. The van der Waals surface area contributed by atoms with Gasteiger partial charge in [0.15, 0.2) is 5.11 Å². The molecule has 1 aromatic heterocycles. The molecule has 32 heavy (non-hydrogen) atoms. The number of nitrogens with zero attached hydrogens (tertiary/aromatic N) is 3. The molecule has 0 spiro atoms. The van der Waals surface area contributed by atoms with Crippen LogP contribution in [0.15, 0.2) is 53.5 Å². The maximum atomic E-state index is 13.4. The minimum absolute atomic E-state index is 0.00236. The van der Waals surface area contributed by atoms with E-state index in [2.05, 4.69) is 0 Å². The van der Waals surface area contributed by atoms with Gasteiger partial charge in [0, 0.05) is 24.3 Å². The average Bonchev–Trinajstić information content (AvgIpc) is 2.89. The van der Waals surface area contributed by atoms with Gasteiger partial charge in [-0.3, -0.25) is 14.5 Å². The number of alkyl halides is 3. The van der Waals surface area contributed by atoms with Gasteiger partial charge in [0.25, 0.3) is 11.5 Å². The fourth-order valence-corrected chi connectivity index (χ4v) is 4.54. The zero-order valence-electron chi connectivity index (χ0n) is 17.2. The van der Waals surface area contributed by atoms with E-state index in [9.17, 15) is 22.8 Å². The molecule has 5 nitrogen and oxygen atoms in total. The van der Waals surface area contributed by atoms with E-state index in [4.69, 9.17) is 23.8 Å². The second-order valence-electron chi connectivity index (χ2n) is 7.98. The van der Waals surface area contributed by atoms with Crippen LogP contribution in [0, 0.1) is 0 Å². The Labute approximate surface area is 191 Å². The first kappa shape index (κ1) is 22.3. The first-order valence-electron chi connectivity index (χ1n) is 9.49. The summed E-state index contributed by atoms with van der Waals surface area (Å²) in [5, 5.41) is 0.682. The van der Waals surface area contributed by atoms with Gasteiger partial charge in [-0.15, -0.1) is 0 Å². The maximum Gasteiger partial charge on any atom is 0.417 e. The van der Waals surface area contributed by atoms with Crippen molar-refractivity contribution in [3.63, 3.8) is 0 Å². The normalized spacial score (nSPS) is 16.3. The van der Waals surface area contributed by atoms with Crippen molar-refractivity contribution in [2.75, 3.05) is 9.80 Å². The summed E-state index contributed by atoms with van der Waals surface area (Å²) in [6, 6.07) is 10.1. The molecule has 4 rings (SSSR count). The molecule has 1 amide bonds. The number of anilines is 2. The largest absolute Gasteiger partial charge is 0.417 e. The second-order valence-corrected chi connectivity index (χ2v) is 8.76. The van der Waals surface area contributed by atoms with E-state index in [1.54, 1.807) is 56.3 Å². The molecule has 0 bridgehead atoms. The number of carbonyl (C=O) groups excluding carboxylic acids is 1. The topological polar surface area (TPSA) is 45.5 Å². The number of pyridine rings is 1. The number of halogens is 4. The number of rotatable bonds is 2. The highest BCUT2D eigenvalue weighted by atomic mass is 35.5. The third-order valence-corrected chi connectivity index (χ3v) is 6.20. The van der Waals surface area contributed by atoms with E-state index in [0.29, 0.717) is 11.1 Å². The van der Waals surface area contributed by atoms with E-state index in [1.807, 2.05) is 0 Å². The van der Waals surface area contributed by atoms with Crippen LogP contribution in [0.2, 0.25) is 5.02 Å². The molecule has 0 N–H and O–H groups in total. The van der Waals surface area contributed by atoms with Crippen LogP contribution in [-0.4, -0.2) is 21.1 Å². The maximum absolute atomic E-state index is 13.4. The molecule has 1 aliphatic heterocycles. The molecule has 0 atom stereocenters. The van der Waals surface area contributed by atoms with E-state index in [-0.39, 0.29) is 16.4 Å². The van der Waals surface area contributed by atoms with Gasteiger partial charge < -0.3 is 9.47 Å². The summed E-state index contributed by atoms with van der Waals surface area (Å²) >= 11 is 11.3. The van der Waals surface area contributed by atoms with Crippen molar-refractivity contribution in [2.45, 2.75) is 25.6 Å². The van der Waals surface area contributed by atoms with E-state index < -0.39 is 28.2 Å². The van der Waals surface area contributed by atoms with Crippen LogP contribution in [-0.2, 0) is 18.0 Å². The number of carbonyl (C=O) groups is 1. The number of hydrogen-bond acceptors (Lipinski definition) is 3. The molecule has 0 aliphatic carbocycles. The highest BCUT2D eigenvalue weighted by Gasteiger charge is 2.50. The van der Waals surface area contributed by atoms with E-state index in [1.165, 1.54) is 10.6 Å². The summed E-state index contributed by atoms with van der Waals surface area (Å²) in [5.74, 6) is -0.501. The van der Waals surface area contributed by atoms with Crippen LogP contribution < -0.4 is 15.4 Å². The summed E-state index contributed by atoms with van der Waals surface area (Å²) in [7, 11) is 1.63. The molecule has 3 aromatic rings. The van der Waals surface area contributed by atoms with Crippen LogP contribution in [0.25, 0.3) is 10.8 Å². The molecule has 1 saturated heterocycles. The number of aromatic nitrogens is 1. The first-order chi connectivity index (χ1) is 14.8. The number of aryl methyl sites for hydroxylation is 1. The first-order valence-corrected chi connectivity index (χ1v) is 10.3. The Morgan fingerprint density at radius 3 is 2.31 bits per heavy atom. The molecule has 0 radical (unpaired) electrons.